The fourth-order valence-corrected chi connectivity index (χ4v) is 2.47. The van der Waals surface area contributed by atoms with E-state index in [-0.39, 0.29) is 11.1 Å². The molecule has 2 rings (SSSR count). The smallest absolute Gasteiger partial charge is 0.205 e. The van der Waals surface area contributed by atoms with E-state index in [1.54, 1.807) is 33.2 Å². The minimum Gasteiger partial charge on any atom is -0.496 e. The maximum atomic E-state index is 12.0. The van der Waals surface area contributed by atoms with Crippen LogP contribution in [-0.4, -0.2) is 24.9 Å². The highest BCUT2D eigenvalue weighted by Crippen LogP contribution is 2.26. The summed E-state index contributed by atoms with van der Waals surface area (Å²) in [5.41, 5.74) is 2.18. The summed E-state index contributed by atoms with van der Waals surface area (Å²) in [6, 6.07) is 6.91. The van der Waals surface area contributed by atoms with E-state index in [1.165, 1.54) is 6.07 Å². The van der Waals surface area contributed by atoms with Crippen LogP contribution in [0, 0.1) is 12.3 Å². The van der Waals surface area contributed by atoms with Gasteiger partial charge in [0, 0.05) is 28.8 Å². The molecule has 0 spiro atoms. The lowest BCUT2D eigenvalue weighted by molar-refractivity contribution is 0.413. The van der Waals surface area contributed by atoms with Crippen molar-refractivity contribution in [3.05, 3.63) is 55.9 Å². The molecule has 1 aromatic heterocycles. The van der Waals surface area contributed by atoms with Gasteiger partial charge < -0.3 is 15.0 Å². The second-order valence-electron chi connectivity index (χ2n) is 4.54. The third kappa shape index (κ3) is 3.00. The van der Waals surface area contributed by atoms with Crippen LogP contribution in [0.4, 0.5) is 5.69 Å². The topological polar surface area (TPSA) is 78.0 Å². The number of hydrogen-bond acceptors (Lipinski definition) is 4. The van der Waals surface area contributed by atoms with Crippen molar-refractivity contribution in [2.24, 2.45) is 0 Å². The first-order chi connectivity index (χ1) is 9.97. The molecular weight excluding hydrogens is 334 g/mol. The van der Waals surface area contributed by atoms with Gasteiger partial charge in [-0.05, 0) is 25.1 Å². The summed E-state index contributed by atoms with van der Waals surface area (Å²) in [7, 11) is 3.21. The number of nitrogens with one attached hydrogen (secondary N) is 3. The Morgan fingerprint density at radius 2 is 2.10 bits per heavy atom. The molecule has 1 heterocycles. The molecular formula is C15H16BrN3O2. The Balaban J connectivity index is 2.63. The van der Waals surface area contributed by atoms with E-state index < -0.39 is 0 Å². The SMILES string of the molecule is CNc1c(C(=N)c2ccc(Br)cc2OC)[nH]c(C)cc1=O. The first kappa shape index (κ1) is 15.3. The standard InChI is InChI=1S/C15H16BrN3O2/c1-8-6-11(20)14(18-2)15(19-8)13(17)10-5-4-9(16)7-12(10)21-3/h4-7,17-18H,1-3H3,(H,19,20). The van der Waals surface area contributed by atoms with Crippen molar-refractivity contribution in [3.8, 4) is 5.75 Å². The van der Waals surface area contributed by atoms with Crippen LogP contribution in [0.2, 0.25) is 0 Å². The summed E-state index contributed by atoms with van der Waals surface area (Å²) in [6.45, 7) is 1.79. The van der Waals surface area contributed by atoms with Gasteiger partial charge in [0.15, 0.2) is 0 Å². The highest BCUT2D eigenvalue weighted by Gasteiger charge is 2.17. The van der Waals surface area contributed by atoms with Crippen LogP contribution in [0.5, 0.6) is 5.75 Å². The molecule has 0 saturated heterocycles. The zero-order valence-corrected chi connectivity index (χ0v) is 13.6. The number of ether oxygens (including phenoxy) is 1. The van der Waals surface area contributed by atoms with E-state index in [4.69, 9.17) is 10.1 Å². The van der Waals surface area contributed by atoms with Crippen molar-refractivity contribution in [2.45, 2.75) is 6.92 Å². The van der Waals surface area contributed by atoms with Crippen LogP contribution in [0.3, 0.4) is 0 Å². The van der Waals surface area contributed by atoms with Gasteiger partial charge in [0.25, 0.3) is 0 Å². The zero-order chi connectivity index (χ0) is 15.6. The fraction of sp³-hybridized carbons (Fsp3) is 0.200. The van der Waals surface area contributed by atoms with Crippen LogP contribution in [0.15, 0.2) is 33.5 Å². The van der Waals surface area contributed by atoms with Gasteiger partial charge in [0.1, 0.15) is 11.4 Å². The average Bonchev–Trinajstić information content (AvgIpc) is 2.45. The highest BCUT2D eigenvalue weighted by atomic mass is 79.9. The number of hydrogen-bond donors (Lipinski definition) is 3. The number of H-pyrrole nitrogens is 1. The molecule has 110 valence electrons. The zero-order valence-electron chi connectivity index (χ0n) is 12.0. The van der Waals surface area contributed by atoms with Crippen LogP contribution in [0.1, 0.15) is 17.0 Å². The Kier molecular flexibility index (Phi) is 4.47. The molecule has 21 heavy (non-hydrogen) atoms. The largest absolute Gasteiger partial charge is 0.496 e. The number of aromatic nitrogens is 1. The van der Waals surface area contributed by atoms with Gasteiger partial charge in [-0.2, -0.15) is 0 Å². The Labute approximate surface area is 131 Å². The molecule has 0 aliphatic carbocycles. The molecule has 0 aliphatic heterocycles. The summed E-state index contributed by atoms with van der Waals surface area (Å²) in [6.07, 6.45) is 0. The molecule has 2 aromatic rings. The molecule has 0 fully saturated rings. The molecule has 0 radical (unpaired) electrons. The Morgan fingerprint density at radius 3 is 2.71 bits per heavy atom. The van der Waals surface area contributed by atoms with Crippen LogP contribution >= 0.6 is 15.9 Å². The number of benzene rings is 1. The molecule has 3 N–H and O–H groups in total. The predicted molar refractivity (Wildman–Crippen MR) is 88.0 cm³/mol. The molecule has 0 aliphatic rings. The van der Waals surface area contributed by atoms with Crippen molar-refractivity contribution < 1.29 is 4.74 Å². The Hall–Kier alpha value is -2.08. The second kappa shape index (κ2) is 6.13. The third-order valence-electron chi connectivity index (χ3n) is 3.10. The van der Waals surface area contributed by atoms with Gasteiger partial charge >= 0.3 is 0 Å². The van der Waals surface area contributed by atoms with Gasteiger partial charge in [0.05, 0.1) is 18.5 Å². The Bertz CT molecular complexity index is 753. The predicted octanol–water partition coefficient (Wildman–Crippen LogP) is 2.91. The van der Waals surface area contributed by atoms with Crippen molar-refractivity contribution in [1.82, 2.24) is 4.98 Å². The van der Waals surface area contributed by atoms with Crippen molar-refractivity contribution in [2.75, 3.05) is 19.5 Å². The van der Waals surface area contributed by atoms with Crippen molar-refractivity contribution in [3.63, 3.8) is 0 Å². The third-order valence-corrected chi connectivity index (χ3v) is 3.59. The fourth-order valence-electron chi connectivity index (χ4n) is 2.13. The maximum absolute atomic E-state index is 12.0. The quantitative estimate of drug-likeness (QED) is 0.742. The first-order valence-corrected chi connectivity index (χ1v) is 7.11. The highest BCUT2D eigenvalue weighted by molar-refractivity contribution is 9.10. The molecule has 0 atom stereocenters. The van der Waals surface area contributed by atoms with Gasteiger partial charge in [-0.25, -0.2) is 0 Å². The van der Waals surface area contributed by atoms with Crippen molar-refractivity contribution in [1.29, 1.82) is 5.41 Å². The van der Waals surface area contributed by atoms with E-state index >= 15 is 0 Å². The number of anilines is 1. The molecule has 0 saturated carbocycles. The van der Waals surface area contributed by atoms with E-state index in [1.807, 2.05) is 6.07 Å². The monoisotopic (exact) mass is 349 g/mol. The lowest BCUT2D eigenvalue weighted by atomic mass is 10.0. The van der Waals surface area contributed by atoms with Gasteiger partial charge in [-0.15, -0.1) is 0 Å². The Morgan fingerprint density at radius 1 is 1.38 bits per heavy atom. The molecule has 0 amide bonds. The first-order valence-electron chi connectivity index (χ1n) is 6.32. The minimum atomic E-state index is -0.149. The minimum absolute atomic E-state index is 0.149. The van der Waals surface area contributed by atoms with Crippen LogP contribution < -0.4 is 15.5 Å². The maximum Gasteiger partial charge on any atom is 0.205 e. The number of pyridine rings is 1. The van der Waals surface area contributed by atoms with Gasteiger partial charge in [0.2, 0.25) is 5.43 Å². The average molecular weight is 350 g/mol. The van der Waals surface area contributed by atoms with Gasteiger partial charge in [-0.3, -0.25) is 10.2 Å². The summed E-state index contributed by atoms with van der Waals surface area (Å²) in [5.74, 6) is 0.568. The molecule has 0 unspecified atom stereocenters. The van der Waals surface area contributed by atoms with E-state index in [9.17, 15) is 4.79 Å². The number of aryl methyl sites for hydroxylation is 1. The number of halogens is 1. The molecule has 6 heteroatoms. The summed E-state index contributed by atoms with van der Waals surface area (Å²) >= 11 is 3.37. The second-order valence-corrected chi connectivity index (χ2v) is 5.45. The number of aromatic amines is 1. The van der Waals surface area contributed by atoms with Gasteiger partial charge in [-0.1, -0.05) is 15.9 Å². The lowest BCUT2D eigenvalue weighted by Gasteiger charge is -2.14. The molecule has 1 aromatic carbocycles. The van der Waals surface area contributed by atoms with Crippen LogP contribution in [-0.2, 0) is 0 Å². The summed E-state index contributed by atoms with van der Waals surface area (Å²) in [4.78, 5) is 15.1. The normalized spacial score (nSPS) is 10.3. The molecule has 0 bridgehead atoms. The van der Waals surface area contributed by atoms with Crippen LogP contribution in [0.25, 0.3) is 0 Å². The van der Waals surface area contributed by atoms with Crippen molar-refractivity contribution >= 4 is 27.3 Å². The number of rotatable bonds is 4. The lowest BCUT2D eigenvalue weighted by Crippen LogP contribution is -2.18. The molecule has 5 nitrogen and oxygen atoms in total. The van der Waals surface area contributed by atoms with E-state index in [2.05, 4.69) is 26.2 Å². The summed E-state index contributed by atoms with van der Waals surface area (Å²) in [5, 5.41) is 11.3. The number of methoxy groups -OCH3 is 1. The summed E-state index contributed by atoms with van der Waals surface area (Å²) < 4.78 is 6.18. The van der Waals surface area contributed by atoms with E-state index in [0.717, 1.165) is 4.47 Å². The van der Waals surface area contributed by atoms with E-state index in [0.29, 0.717) is 28.4 Å².